The first-order valence-corrected chi connectivity index (χ1v) is 5.44. The van der Waals surface area contributed by atoms with Crippen molar-refractivity contribution in [3.05, 3.63) is 33.8 Å². The summed E-state index contributed by atoms with van der Waals surface area (Å²) in [5, 5.41) is 18.2. The van der Waals surface area contributed by atoms with E-state index in [1.807, 2.05) is 0 Å². The normalized spacial score (nSPS) is 12.9. The largest absolute Gasteiger partial charge is 0.393 e. The molecular weight excluding hydrogens is 241 g/mol. The molecule has 0 bridgehead atoms. The molecule has 0 saturated heterocycles. The van der Waals surface area contributed by atoms with Crippen LogP contribution in [0, 0.1) is 5.82 Å². The third-order valence-electron chi connectivity index (χ3n) is 2.61. The molecule has 0 spiro atoms. The minimum absolute atomic E-state index is 0.116. The van der Waals surface area contributed by atoms with Crippen molar-refractivity contribution in [2.75, 3.05) is 6.61 Å². The summed E-state index contributed by atoms with van der Waals surface area (Å²) in [7, 11) is 0. The van der Waals surface area contributed by atoms with Crippen molar-refractivity contribution in [1.82, 2.24) is 15.0 Å². The van der Waals surface area contributed by atoms with Gasteiger partial charge in [0.15, 0.2) is 5.82 Å². The molecule has 0 fully saturated rings. The fraction of sp³-hybridized carbons (Fsp3) is 0.364. The Balaban J connectivity index is 2.71. The van der Waals surface area contributed by atoms with Gasteiger partial charge < -0.3 is 15.2 Å². The van der Waals surface area contributed by atoms with E-state index in [0.717, 1.165) is 0 Å². The summed E-state index contributed by atoms with van der Waals surface area (Å²) in [6, 6.07) is 0. The maximum Gasteiger partial charge on any atom is 0.270 e. The second-order valence-corrected chi connectivity index (χ2v) is 3.78. The van der Waals surface area contributed by atoms with E-state index >= 15 is 0 Å². The van der Waals surface area contributed by atoms with Crippen LogP contribution in [-0.2, 0) is 6.42 Å². The lowest BCUT2D eigenvalue weighted by atomic mass is 10.2. The molecular formula is C11H12FN3O3. The van der Waals surface area contributed by atoms with E-state index in [9.17, 15) is 14.3 Å². The third-order valence-corrected chi connectivity index (χ3v) is 2.61. The van der Waals surface area contributed by atoms with Crippen molar-refractivity contribution in [3.63, 3.8) is 0 Å². The highest BCUT2D eigenvalue weighted by atomic mass is 19.1. The Morgan fingerprint density at radius 3 is 2.89 bits per heavy atom. The molecule has 18 heavy (non-hydrogen) atoms. The second-order valence-electron chi connectivity index (χ2n) is 3.78. The van der Waals surface area contributed by atoms with Gasteiger partial charge in [0.2, 0.25) is 0 Å². The van der Waals surface area contributed by atoms with E-state index in [1.54, 1.807) is 6.92 Å². The van der Waals surface area contributed by atoms with Gasteiger partial charge in [0.25, 0.3) is 5.56 Å². The SMILES string of the molecule is CCc1nc2cnc(C(O)CO)c(F)c2[nH]c1=O. The standard InChI is InChI=1S/C11H12FN3O3/c1-2-5-11(18)15-9-6(14-5)3-13-10(8(9)12)7(17)4-16/h3,7,16-17H,2,4H2,1H3,(H,15,18). The van der Waals surface area contributed by atoms with E-state index in [2.05, 4.69) is 15.0 Å². The summed E-state index contributed by atoms with van der Waals surface area (Å²) < 4.78 is 14.0. The number of nitrogens with one attached hydrogen (secondary N) is 1. The van der Waals surface area contributed by atoms with Crippen molar-refractivity contribution in [2.45, 2.75) is 19.4 Å². The first-order valence-electron chi connectivity index (χ1n) is 5.44. The van der Waals surface area contributed by atoms with E-state index in [-0.39, 0.29) is 16.7 Å². The zero-order valence-electron chi connectivity index (χ0n) is 9.64. The van der Waals surface area contributed by atoms with Crippen molar-refractivity contribution < 1.29 is 14.6 Å². The predicted molar refractivity (Wildman–Crippen MR) is 61.5 cm³/mol. The van der Waals surface area contributed by atoms with Gasteiger partial charge in [0.1, 0.15) is 28.5 Å². The van der Waals surface area contributed by atoms with E-state index in [4.69, 9.17) is 5.11 Å². The number of pyridine rings is 1. The summed E-state index contributed by atoms with van der Waals surface area (Å²) in [5.41, 5.74) is -0.405. The number of hydrogen-bond donors (Lipinski definition) is 3. The first kappa shape index (κ1) is 12.6. The van der Waals surface area contributed by atoms with Crippen LogP contribution in [0.5, 0.6) is 0 Å². The topological polar surface area (TPSA) is 99.1 Å². The van der Waals surface area contributed by atoms with Crippen molar-refractivity contribution >= 4 is 11.0 Å². The van der Waals surface area contributed by atoms with Crippen molar-refractivity contribution in [2.24, 2.45) is 0 Å². The minimum atomic E-state index is -1.43. The summed E-state index contributed by atoms with van der Waals surface area (Å²) >= 11 is 0. The fourth-order valence-corrected chi connectivity index (χ4v) is 1.64. The van der Waals surface area contributed by atoms with Gasteiger partial charge in [-0.25, -0.2) is 9.37 Å². The van der Waals surface area contributed by atoms with Crippen LogP contribution in [0.3, 0.4) is 0 Å². The zero-order valence-corrected chi connectivity index (χ0v) is 9.64. The Bertz CT molecular complexity index is 641. The maximum atomic E-state index is 14.0. The van der Waals surface area contributed by atoms with Gasteiger partial charge in [-0.15, -0.1) is 0 Å². The van der Waals surface area contributed by atoms with Crippen LogP contribution in [0.25, 0.3) is 11.0 Å². The number of rotatable bonds is 3. The van der Waals surface area contributed by atoms with Crippen LogP contribution in [-0.4, -0.2) is 31.8 Å². The number of halogens is 1. The zero-order chi connectivity index (χ0) is 13.3. The molecule has 96 valence electrons. The number of aryl methyl sites for hydroxylation is 1. The lowest BCUT2D eigenvalue weighted by Crippen LogP contribution is -2.17. The Morgan fingerprint density at radius 1 is 1.56 bits per heavy atom. The molecule has 2 aromatic rings. The highest BCUT2D eigenvalue weighted by Crippen LogP contribution is 2.19. The molecule has 0 aliphatic carbocycles. The Hall–Kier alpha value is -1.86. The Morgan fingerprint density at radius 2 is 2.28 bits per heavy atom. The highest BCUT2D eigenvalue weighted by molar-refractivity contribution is 5.74. The van der Waals surface area contributed by atoms with Crippen LogP contribution < -0.4 is 5.56 Å². The number of H-pyrrole nitrogens is 1. The molecule has 1 unspecified atom stereocenters. The smallest absolute Gasteiger partial charge is 0.270 e. The molecule has 0 radical (unpaired) electrons. The Labute approximate surface area is 101 Å². The number of aliphatic hydroxyl groups is 2. The van der Waals surface area contributed by atoms with Crippen LogP contribution in [0.15, 0.2) is 11.0 Å². The molecule has 0 aromatic carbocycles. The van der Waals surface area contributed by atoms with E-state index < -0.39 is 24.1 Å². The number of hydrogen-bond acceptors (Lipinski definition) is 5. The highest BCUT2D eigenvalue weighted by Gasteiger charge is 2.18. The van der Waals surface area contributed by atoms with Crippen LogP contribution in [0.2, 0.25) is 0 Å². The maximum absolute atomic E-state index is 14.0. The molecule has 0 saturated carbocycles. The van der Waals surface area contributed by atoms with Crippen LogP contribution in [0.1, 0.15) is 24.4 Å². The predicted octanol–water partition coefficient (Wildman–Crippen LogP) is 0.0453. The molecule has 3 N–H and O–H groups in total. The molecule has 0 amide bonds. The first-order chi connectivity index (χ1) is 8.58. The van der Waals surface area contributed by atoms with Gasteiger partial charge in [-0.3, -0.25) is 9.78 Å². The lowest BCUT2D eigenvalue weighted by molar-refractivity contribution is 0.0892. The summed E-state index contributed by atoms with van der Waals surface area (Å²) in [6.07, 6.45) is 0.249. The fourth-order valence-electron chi connectivity index (χ4n) is 1.64. The number of aromatic nitrogens is 3. The summed E-state index contributed by atoms with van der Waals surface area (Å²) in [6.45, 7) is 1.11. The number of nitrogens with zero attached hydrogens (tertiary/aromatic N) is 2. The van der Waals surface area contributed by atoms with Crippen LogP contribution >= 0.6 is 0 Å². The molecule has 0 aliphatic heterocycles. The lowest BCUT2D eigenvalue weighted by Gasteiger charge is -2.09. The third kappa shape index (κ3) is 1.98. The van der Waals surface area contributed by atoms with Gasteiger partial charge in [0, 0.05) is 0 Å². The molecule has 2 rings (SSSR count). The number of fused-ring (bicyclic) bond motifs is 1. The summed E-state index contributed by atoms with van der Waals surface area (Å²) in [5.74, 6) is -0.874. The average Bonchev–Trinajstić information content (AvgIpc) is 2.38. The number of aromatic amines is 1. The van der Waals surface area contributed by atoms with E-state index in [1.165, 1.54) is 6.20 Å². The van der Waals surface area contributed by atoms with Gasteiger partial charge in [-0.1, -0.05) is 6.92 Å². The summed E-state index contributed by atoms with van der Waals surface area (Å²) in [4.78, 5) is 21.6. The van der Waals surface area contributed by atoms with Crippen molar-refractivity contribution in [3.8, 4) is 0 Å². The molecule has 1 atom stereocenters. The second kappa shape index (κ2) is 4.79. The van der Waals surface area contributed by atoms with Crippen molar-refractivity contribution in [1.29, 1.82) is 0 Å². The average molecular weight is 253 g/mol. The molecule has 6 nitrogen and oxygen atoms in total. The Kier molecular flexibility index (Phi) is 3.35. The van der Waals surface area contributed by atoms with Gasteiger partial charge in [0.05, 0.1) is 12.8 Å². The molecule has 2 heterocycles. The van der Waals surface area contributed by atoms with Gasteiger partial charge in [-0.2, -0.15) is 0 Å². The van der Waals surface area contributed by atoms with E-state index in [0.29, 0.717) is 12.1 Å². The minimum Gasteiger partial charge on any atom is -0.393 e. The van der Waals surface area contributed by atoms with Gasteiger partial charge in [-0.05, 0) is 6.42 Å². The van der Waals surface area contributed by atoms with Gasteiger partial charge >= 0.3 is 0 Å². The quantitative estimate of drug-likeness (QED) is 0.717. The van der Waals surface area contributed by atoms with Crippen LogP contribution in [0.4, 0.5) is 4.39 Å². The molecule has 7 heteroatoms. The molecule has 0 aliphatic rings. The number of aliphatic hydroxyl groups excluding tert-OH is 2. The molecule has 2 aromatic heterocycles. The monoisotopic (exact) mass is 253 g/mol.